The van der Waals surface area contributed by atoms with E-state index in [-0.39, 0.29) is 23.9 Å². The SMILES string of the molecule is CC1CN(C)C(c2ccccc2)CC12NC(=O)NC2=O. The van der Waals surface area contributed by atoms with Crippen molar-refractivity contribution in [2.24, 2.45) is 5.92 Å². The number of imide groups is 1. The molecule has 0 aliphatic carbocycles. The van der Waals surface area contributed by atoms with E-state index in [1.54, 1.807) is 0 Å². The Morgan fingerprint density at radius 2 is 1.95 bits per heavy atom. The van der Waals surface area contributed by atoms with E-state index < -0.39 is 5.54 Å². The largest absolute Gasteiger partial charge is 0.323 e. The smallest absolute Gasteiger partial charge is 0.322 e. The van der Waals surface area contributed by atoms with Gasteiger partial charge in [-0.2, -0.15) is 0 Å². The molecule has 3 unspecified atom stereocenters. The van der Waals surface area contributed by atoms with Gasteiger partial charge >= 0.3 is 6.03 Å². The maximum absolute atomic E-state index is 12.2. The summed E-state index contributed by atoms with van der Waals surface area (Å²) in [6.45, 7) is 2.79. The van der Waals surface area contributed by atoms with Gasteiger partial charge in [-0.05, 0) is 19.0 Å². The van der Waals surface area contributed by atoms with Crippen molar-refractivity contribution in [1.82, 2.24) is 15.5 Å². The van der Waals surface area contributed by atoms with Gasteiger partial charge in [-0.15, -0.1) is 0 Å². The Morgan fingerprint density at radius 3 is 2.55 bits per heavy atom. The fourth-order valence-electron chi connectivity index (χ4n) is 3.42. The van der Waals surface area contributed by atoms with Crippen LogP contribution >= 0.6 is 0 Å². The van der Waals surface area contributed by atoms with Crippen molar-refractivity contribution in [2.75, 3.05) is 13.6 Å². The quantitative estimate of drug-likeness (QED) is 0.758. The normalized spacial score (nSPS) is 34.1. The van der Waals surface area contributed by atoms with Crippen molar-refractivity contribution in [3.8, 4) is 0 Å². The molecule has 2 saturated heterocycles. The van der Waals surface area contributed by atoms with E-state index in [2.05, 4.69) is 34.7 Å². The van der Waals surface area contributed by atoms with Crippen LogP contribution in [0, 0.1) is 5.92 Å². The van der Waals surface area contributed by atoms with Gasteiger partial charge in [0.25, 0.3) is 5.91 Å². The Hall–Kier alpha value is -1.88. The molecule has 5 nitrogen and oxygen atoms in total. The molecule has 3 atom stereocenters. The van der Waals surface area contributed by atoms with Crippen LogP contribution in [0.25, 0.3) is 0 Å². The highest BCUT2D eigenvalue weighted by molar-refractivity contribution is 6.07. The minimum Gasteiger partial charge on any atom is -0.323 e. The lowest BCUT2D eigenvalue weighted by Gasteiger charge is -2.46. The van der Waals surface area contributed by atoms with Gasteiger partial charge in [0.15, 0.2) is 0 Å². The van der Waals surface area contributed by atoms with Crippen molar-refractivity contribution in [2.45, 2.75) is 24.9 Å². The number of carbonyl (C=O) groups is 2. The zero-order valence-corrected chi connectivity index (χ0v) is 11.7. The monoisotopic (exact) mass is 273 g/mol. The van der Waals surface area contributed by atoms with Gasteiger partial charge in [0, 0.05) is 18.5 Å². The molecule has 0 bridgehead atoms. The molecule has 2 heterocycles. The number of benzene rings is 1. The van der Waals surface area contributed by atoms with Gasteiger partial charge < -0.3 is 5.32 Å². The molecule has 2 fully saturated rings. The van der Waals surface area contributed by atoms with E-state index in [1.165, 1.54) is 5.56 Å². The lowest BCUT2D eigenvalue weighted by atomic mass is 9.74. The van der Waals surface area contributed by atoms with Crippen LogP contribution in [0.4, 0.5) is 4.79 Å². The summed E-state index contributed by atoms with van der Waals surface area (Å²) in [7, 11) is 2.07. The number of nitrogens with one attached hydrogen (secondary N) is 2. The van der Waals surface area contributed by atoms with Crippen LogP contribution in [0.3, 0.4) is 0 Å². The summed E-state index contributed by atoms with van der Waals surface area (Å²) in [6, 6.07) is 9.88. The third-order valence-electron chi connectivity index (χ3n) is 4.60. The third-order valence-corrected chi connectivity index (χ3v) is 4.60. The number of likely N-dealkylation sites (tertiary alicyclic amines) is 1. The summed E-state index contributed by atoms with van der Waals surface area (Å²) in [5, 5.41) is 5.25. The summed E-state index contributed by atoms with van der Waals surface area (Å²) in [5.74, 6) is -0.108. The fourth-order valence-corrected chi connectivity index (χ4v) is 3.42. The maximum Gasteiger partial charge on any atom is 0.322 e. The van der Waals surface area contributed by atoms with Crippen molar-refractivity contribution in [3.63, 3.8) is 0 Å². The first-order chi connectivity index (χ1) is 9.53. The zero-order chi connectivity index (χ0) is 14.3. The van der Waals surface area contributed by atoms with E-state index >= 15 is 0 Å². The molecule has 2 aliphatic rings. The van der Waals surface area contributed by atoms with Gasteiger partial charge in [0.1, 0.15) is 5.54 Å². The molecule has 3 amide bonds. The predicted octanol–water partition coefficient (Wildman–Crippen LogP) is 1.28. The molecule has 0 aromatic heterocycles. The van der Waals surface area contributed by atoms with E-state index in [1.807, 2.05) is 25.1 Å². The van der Waals surface area contributed by atoms with Crippen LogP contribution in [0.15, 0.2) is 30.3 Å². The van der Waals surface area contributed by atoms with Crippen LogP contribution in [0.2, 0.25) is 0 Å². The molecular weight excluding hydrogens is 254 g/mol. The fraction of sp³-hybridized carbons (Fsp3) is 0.467. The van der Waals surface area contributed by atoms with Gasteiger partial charge in [-0.25, -0.2) is 4.79 Å². The highest BCUT2D eigenvalue weighted by atomic mass is 16.2. The zero-order valence-electron chi connectivity index (χ0n) is 11.7. The number of nitrogens with zero attached hydrogens (tertiary/aromatic N) is 1. The molecule has 20 heavy (non-hydrogen) atoms. The van der Waals surface area contributed by atoms with Crippen molar-refractivity contribution >= 4 is 11.9 Å². The van der Waals surface area contributed by atoms with Crippen LogP contribution in [0.5, 0.6) is 0 Å². The molecule has 0 radical (unpaired) electrons. The predicted molar refractivity (Wildman–Crippen MR) is 75.0 cm³/mol. The molecular formula is C15H19N3O2. The Bertz CT molecular complexity index is 545. The molecule has 3 rings (SSSR count). The minimum absolute atomic E-state index is 0.0823. The second-order valence-electron chi connectivity index (χ2n) is 5.85. The number of hydrogen-bond donors (Lipinski definition) is 2. The number of rotatable bonds is 1. The third kappa shape index (κ3) is 1.89. The number of piperidine rings is 1. The molecule has 106 valence electrons. The van der Waals surface area contributed by atoms with Gasteiger partial charge in [0.05, 0.1) is 0 Å². The number of urea groups is 1. The van der Waals surface area contributed by atoms with Crippen LogP contribution < -0.4 is 10.6 Å². The second kappa shape index (κ2) is 4.59. The number of amides is 3. The minimum atomic E-state index is -0.774. The van der Waals surface area contributed by atoms with Crippen LogP contribution in [-0.2, 0) is 4.79 Å². The maximum atomic E-state index is 12.2. The Kier molecular flexibility index (Phi) is 3.01. The average Bonchev–Trinajstić information content (AvgIpc) is 2.71. The molecule has 1 spiro atoms. The summed E-state index contributed by atoms with van der Waals surface area (Å²) < 4.78 is 0. The van der Waals surface area contributed by atoms with Gasteiger partial charge in [-0.1, -0.05) is 37.3 Å². The second-order valence-corrected chi connectivity index (χ2v) is 5.85. The standard InChI is InChI=1S/C15H19N3O2/c1-10-9-18(2)12(11-6-4-3-5-7-11)8-15(10)13(19)16-14(20)17-15/h3-7,10,12H,8-9H2,1-2H3,(H2,16,17,19,20). The van der Waals surface area contributed by atoms with E-state index in [4.69, 9.17) is 0 Å². The Morgan fingerprint density at radius 1 is 1.25 bits per heavy atom. The van der Waals surface area contributed by atoms with Gasteiger partial charge in [-0.3, -0.25) is 15.0 Å². The van der Waals surface area contributed by atoms with Gasteiger partial charge in [0.2, 0.25) is 0 Å². The summed E-state index contributed by atoms with van der Waals surface area (Å²) in [5.41, 5.74) is 0.402. The number of hydrogen-bond acceptors (Lipinski definition) is 3. The first-order valence-electron chi connectivity index (χ1n) is 6.92. The van der Waals surface area contributed by atoms with Crippen molar-refractivity contribution in [3.05, 3.63) is 35.9 Å². The van der Waals surface area contributed by atoms with E-state index in [0.29, 0.717) is 6.42 Å². The molecule has 2 N–H and O–H groups in total. The highest BCUT2D eigenvalue weighted by Crippen LogP contribution is 2.40. The van der Waals surface area contributed by atoms with Crippen LogP contribution in [-0.4, -0.2) is 36.0 Å². The topological polar surface area (TPSA) is 61.4 Å². The lowest BCUT2D eigenvalue weighted by molar-refractivity contribution is -0.128. The van der Waals surface area contributed by atoms with Crippen LogP contribution in [0.1, 0.15) is 24.9 Å². The molecule has 1 aromatic carbocycles. The first-order valence-corrected chi connectivity index (χ1v) is 6.92. The molecule has 5 heteroatoms. The average molecular weight is 273 g/mol. The highest BCUT2D eigenvalue weighted by Gasteiger charge is 2.54. The van der Waals surface area contributed by atoms with E-state index in [9.17, 15) is 9.59 Å². The molecule has 2 aliphatic heterocycles. The number of carbonyl (C=O) groups excluding carboxylic acids is 2. The van der Waals surface area contributed by atoms with Crippen molar-refractivity contribution < 1.29 is 9.59 Å². The molecule has 0 saturated carbocycles. The lowest BCUT2D eigenvalue weighted by Crippen LogP contribution is -2.60. The van der Waals surface area contributed by atoms with Crippen molar-refractivity contribution in [1.29, 1.82) is 0 Å². The Labute approximate surface area is 118 Å². The molecule has 1 aromatic rings. The van der Waals surface area contributed by atoms with E-state index in [0.717, 1.165) is 6.54 Å². The summed E-state index contributed by atoms with van der Waals surface area (Å²) >= 11 is 0. The summed E-state index contributed by atoms with van der Waals surface area (Å²) in [4.78, 5) is 26.0. The summed E-state index contributed by atoms with van der Waals surface area (Å²) in [6.07, 6.45) is 0.603. The first kappa shape index (κ1) is 13.1. The Balaban J connectivity index is 1.95.